The smallest absolute Gasteiger partial charge is 0.244 e. The van der Waals surface area contributed by atoms with Crippen LogP contribution in [0.15, 0.2) is 53.4 Å². The van der Waals surface area contributed by atoms with E-state index in [-0.39, 0.29) is 5.91 Å². The molecule has 2 aromatic carbocycles. The molecule has 0 radical (unpaired) electrons. The third-order valence-corrected chi connectivity index (χ3v) is 4.59. The Morgan fingerprint density at radius 1 is 1.20 bits per heavy atom. The van der Waals surface area contributed by atoms with Crippen LogP contribution in [0.4, 0.5) is 0 Å². The first-order valence-corrected chi connectivity index (χ1v) is 9.05. The summed E-state index contributed by atoms with van der Waals surface area (Å²) in [4.78, 5) is 13.1. The highest BCUT2D eigenvalue weighted by atomic mass is 35.5. The normalized spacial score (nSPS) is 10.7. The number of nitrogens with one attached hydrogen (secondary N) is 1. The Kier molecular flexibility index (Phi) is 7.70. The highest BCUT2D eigenvalue weighted by molar-refractivity contribution is 7.99. The molecule has 0 saturated heterocycles. The Bertz CT molecular complexity index is 735. The van der Waals surface area contributed by atoms with Gasteiger partial charge in [0.15, 0.2) is 11.5 Å². The van der Waals surface area contributed by atoms with Crippen molar-refractivity contribution in [3.8, 4) is 11.5 Å². The molecular formula is C19H20ClNO3S. The second kappa shape index (κ2) is 10.0. The van der Waals surface area contributed by atoms with Crippen molar-refractivity contribution in [2.24, 2.45) is 0 Å². The molecule has 0 unspecified atom stereocenters. The van der Waals surface area contributed by atoms with Gasteiger partial charge in [0, 0.05) is 23.3 Å². The lowest BCUT2D eigenvalue weighted by Crippen LogP contribution is -2.23. The number of ether oxygens (including phenoxy) is 2. The number of rotatable bonds is 8. The first kappa shape index (κ1) is 19.2. The van der Waals surface area contributed by atoms with Crippen LogP contribution in [0.3, 0.4) is 0 Å². The predicted molar refractivity (Wildman–Crippen MR) is 104 cm³/mol. The van der Waals surface area contributed by atoms with Gasteiger partial charge in [0.1, 0.15) is 0 Å². The Hall–Kier alpha value is -2.11. The molecule has 6 heteroatoms. The monoisotopic (exact) mass is 377 g/mol. The summed E-state index contributed by atoms with van der Waals surface area (Å²) >= 11 is 7.85. The summed E-state index contributed by atoms with van der Waals surface area (Å²) in [5, 5.41) is 3.29. The average molecular weight is 378 g/mol. The van der Waals surface area contributed by atoms with Gasteiger partial charge in [0.05, 0.1) is 19.2 Å². The van der Waals surface area contributed by atoms with E-state index in [1.54, 1.807) is 37.1 Å². The molecule has 0 aliphatic rings. The van der Waals surface area contributed by atoms with Crippen LogP contribution in [-0.4, -0.2) is 32.4 Å². The molecule has 1 N–H and O–H groups in total. The average Bonchev–Trinajstić information content (AvgIpc) is 2.64. The van der Waals surface area contributed by atoms with Gasteiger partial charge in [-0.25, -0.2) is 0 Å². The molecule has 4 nitrogen and oxygen atoms in total. The lowest BCUT2D eigenvalue weighted by molar-refractivity contribution is -0.116. The number of thioether (sulfide) groups is 1. The van der Waals surface area contributed by atoms with Crippen molar-refractivity contribution in [2.75, 3.05) is 26.5 Å². The Labute approximate surface area is 157 Å². The quantitative estimate of drug-likeness (QED) is 0.424. The van der Waals surface area contributed by atoms with Gasteiger partial charge in [0.2, 0.25) is 5.91 Å². The maximum atomic E-state index is 11.9. The third kappa shape index (κ3) is 6.03. The molecule has 1 amide bonds. The van der Waals surface area contributed by atoms with Crippen LogP contribution in [0.1, 0.15) is 5.56 Å². The number of benzene rings is 2. The fraction of sp³-hybridized carbons (Fsp3) is 0.211. The fourth-order valence-corrected chi connectivity index (χ4v) is 3.21. The second-order valence-electron chi connectivity index (χ2n) is 5.02. The highest BCUT2D eigenvalue weighted by Gasteiger charge is 2.09. The van der Waals surface area contributed by atoms with Crippen molar-refractivity contribution in [3.05, 3.63) is 59.1 Å². The number of amides is 1. The lowest BCUT2D eigenvalue weighted by atomic mass is 10.2. The van der Waals surface area contributed by atoms with Gasteiger partial charge in [0.25, 0.3) is 0 Å². The van der Waals surface area contributed by atoms with Gasteiger partial charge < -0.3 is 14.8 Å². The molecule has 0 atom stereocenters. The summed E-state index contributed by atoms with van der Waals surface area (Å²) in [6.45, 7) is 0.593. The zero-order valence-electron chi connectivity index (χ0n) is 14.1. The number of hydrogen-bond donors (Lipinski definition) is 1. The standard InChI is InChI=1S/C19H20ClNO3S/c1-23-17-13-14(12-16(20)19(17)24-2)8-9-18(22)21-10-11-25-15-6-4-3-5-7-15/h3-9,12-13H,10-11H2,1-2H3,(H,21,22)/b9-8+. The summed E-state index contributed by atoms with van der Waals surface area (Å²) in [6.07, 6.45) is 3.16. The number of methoxy groups -OCH3 is 2. The lowest BCUT2D eigenvalue weighted by Gasteiger charge is -2.10. The van der Waals surface area contributed by atoms with E-state index >= 15 is 0 Å². The Morgan fingerprint density at radius 3 is 2.64 bits per heavy atom. The molecule has 0 fully saturated rings. The van der Waals surface area contributed by atoms with Crippen molar-refractivity contribution in [1.82, 2.24) is 5.32 Å². The topological polar surface area (TPSA) is 47.6 Å². The summed E-state index contributed by atoms with van der Waals surface area (Å²) in [7, 11) is 3.07. The van der Waals surface area contributed by atoms with Gasteiger partial charge in [-0.15, -0.1) is 11.8 Å². The van der Waals surface area contributed by atoms with Crippen molar-refractivity contribution >= 4 is 35.3 Å². The van der Waals surface area contributed by atoms with Gasteiger partial charge in [-0.3, -0.25) is 4.79 Å². The zero-order valence-corrected chi connectivity index (χ0v) is 15.7. The first-order valence-electron chi connectivity index (χ1n) is 7.69. The molecule has 2 aromatic rings. The Morgan fingerprint density at radius 2 is 1.96 bits per heavy atom. The van der Waals surface area contributed by atoms with Crippen LogP contribution >= 0.6 is 23.4 Å². The predicted octanol–water partition coefficient (Wildman–Crippen LogP) is 4.28. The molecular weight excluding hydrogens is 358 g/mol. The first-order chi connectivity index (χ1) is 12.1. The van der Waals surface area contributed by atoms with E-state index in [2.05, 4.69) is 5.32 Å². The molecule has 25 heavy (non-hydrogen) atoms. The summed E-state index contributed by atoms with van der Waals surface area (Å²) in [5.41, 5.74) is 0.761. The van der Waals surface area contributed by atoms with E-state index in [4.69, 9.17) is 21.1 Å². The number of halogens is 1. The summed E-state index contributed by atoms with van der Waals surface area (Å²) in [5.74, 6) is 1.66. The van der Waals surface area contributed by atoms with Crippen molar-refractivity contribution < 1.29 is 14.3 Å². The molecule has 0 aromatic heterocycles. The molecule has 2 rings (SSSR count). The zero-order chi connectivity index (χ0) is 18.1. The molecule has 0 aliphatic carbocycles. The van der Waals surface area contributed by atoms with Crippen molar-refractivity contribution in [1.29, 1.82) is 0 Å². The molecule has 132 valence electrons. The minimum absolute atomic E-state index is 0.153. The van der Waals surface area contributed by atoms with Crippen LogP contribution in [0.5, 0.6) is 11.5 Å². The molecule has 0 heterocycles. The van der Waals surface area contributed by atoms with E-state index in [1.165, 1.54) is 18.1 Å². The van der Waals surface area contributed by atoms with E-state index in [1.807, 2.05) is 30.3 Å². The van der Waals surface area contributed by atoms with Gasteiger partial charge in [-0.05, 0) is 35.9 Å². The van der Waals surface area contributed by atoms with E-state index in [0.29, 0.717) is 23.1 Å². The minimum atomic E-state index is -0.153. The summed E-state index contributed by atoms with van der Waals surface area (Å²) < 4.78 is 10.4. The molecule has 0 spiro atoms. The number of carbonyl (C=O) groups excluding carboxylic acids is 1. The van der Waals surface area contributed by atoms with E-state index in [9.17, 15) is 4.79 Å². The Balaban J connectivity index is 1.84. The maximum Gasteiger partial charge on any atom is 0.244 e. The largest absolute Gasteiger partial charge is 0.493 e. The van der Waals surface area contributed by atoms with E-state index < -0.39 is 0 Å². The van der Waals surface area contributed by atoms with Gasteiger partial charge >= 0.3 is 0 Å². The second-order valence-corrected chi connectivity index (χ2v) is 6.60. The highest BCUT2D eigenvalue weighted by Crippen LogP contribution is 2.36. The van der Waals surface area contributed by atoms with Gasteiger partial charge in [-0.2, -0.15) is 0 Å². The SMILES string of the molecule is COc1cc(/C=C/C(=O)NCCSc2ccccc2)cc(Cl)c1OC. The molecule has 0 bridgehead atoms. The van der Waals surface area contributed by atoms with Crippen LogP contribution in [-0.2, 0) is 4.79 Å². The maximum absolute atomic E-state index is 11.9. The van der Waals surface area contributed by atoms with Crippen molar-refractivity contribution in [3.63, 3.8) is 0 Å². The minimum Gasteiger partial charge on any atom is -0.493 e. The van der Waals surface area contributed by atoms with Crippen LogP contribution in [0.25, 0.3) is 6.08 Å². The number of carbonyl (C=O) groups is 1. The number of hydrogen-bond acceptors (Lipinski definition) is 4. The van der Waals surface area contributed by atoms with Crippen LogP contribution in [0.2, 0.25) is 5.02 Å². The van der Waals surface area contributed by atoms with Crippen LogP contribution < -0.4 is 14.8 Å². The van der Waals surface area contributed by atoms with Crippen LogP contribution in [0, 0.1) is 0 Å². The molecule has 0 aliphatic heterocycles. The van der Waals surface area contributed by atoms with Crippen molar-refractivity contribution in [2.45, 2.75) is 4.90 Å². The summed E-state index contributed by atoms with van der Waals surface area (Å²) in [6, 6.07) is 13.6. The fourth-order valence-electron chi connectivity index (χ4n) is 2.12. The molecule has 0 saturated carbocycles. The van der Waals surface area contributed by atoms with Gasteiger partial charge in [-0.1, -0.05) is 29.8 Å². The third-order valence-electron chi connectivity index (χ3n) is 3.30. The van der Waals surface area contributed by atoms with E-state index in [0.717, 1.165) is 11.3 Å².